The first-order chi connectivity index (χ1) is 5.59. The van der Waals surface area contributed by atoms with Gasteiger partial charge in [0.15, 0.2) is 0 Å². The number of carboxylic acids is 1. The summed E-state index contributed by atoms with van der Waals surface area (Å²) >= 11 is 0. The molecule has 0 radical (unpaired) electrons. The van der Waals surface area contributed by atoms with E-state index < -0.39 is 11.5 Å². The molecule has 1 saturated carbocycles. The van der Waals surface area contributed by atoms with Crippen LogP contribution in [-0.2, 0) is 4.79 Å². The number of hydrogen-bond donors (Lipinski definition) is 2. The van der Waals surface area contributed by atoms with E-state index in [2.05, 4.69) is 0 Å². The third kappa shape index (κ3) is 1.44. The summed E-state index contributed by atoms with van der Waals surface area (Å²) in [6.45, 7) is 0. The summed E-state index contributed by atoms with van der Waals surface area (Å²) in [5, 5.41) is 19.1. The smallest absolute Gasteiger partial charge is 0.326 e. The summed E-state index contributed by atoms with van der Waals surface area (Å²) in [6, 6.07) is 0. The average Bonchev–Trinajstić information content (AvgIpc) is 2.05. The fraction of sp³-hybridized carbons (Fsp3) is 0.875. The molecule has 0 amide bonds. The minimum Gasteiger partial charge on any atom is -0.480 e. The SMILES string of the molecule is CN(O)C1(C(=O)O)CCCCC1. The zero-order chi connectivity index (χ0) is 9.19. The lowest BCUT2D eigenvalue weighted by Crippen LogP contribution is -2.52. The number of likely N-dealkylation sites (N-methyl/N-ethyl adjacent to an activating group) is 1. The first-order valence-electron chi connectivity index (χ1n) is 4.26. The molecule has 0 aromatic heterocycles. The van der Waals surface area contributed by atoms with Crippen molar-refractivity contribution in [2.24, 2.45) is 0 Å². The fourth-order valence-electron chi connectivity index (χ4n) is 1.81. The minimum absolute atomic E-state index is 0.551. The highest BCUT2D eigenvalue weighted by Crippen LogP contribution is 2.32. The van der Waals surface area contributed by atoms with Gasteiger partial charge in [-0.1, -0.05) is 19.3 Å². The monoisotopic (exact) mass is 173 g/mol. The Morgan fingerprint density at radius 1 is 1.33 bits per heavy atom. The Hall–Kier alpha value is -0.610. The maximum Gasteiger partial charge on any atom is 0.326 e. The number of carboxylic acid groups (broad SMARTS) is 1. The summed E-state index contributed by atoms with van der Waals surface area (Å²) in [5.74, 6) is -0.910. The summed E-state index contributed by atoms with van der Waals surface area (Å²) in [6.07, 6.45) is 3.95. The van der Waals surface area contributed by atoms with Gasteiger partial charge < -0.3 is 10.3 Å². The van der Waals surface area contributed by atoms with E-state index in [4.69, 9.17) is 5.11 Å². The van der Waals surface area contributed by atoms with Crippen LogP contribution in [-0.4, -0.2) is 33.9 Å². The second-order valence-corrected chi connectivity index (χ2v) is 3.42. The number of hydroxylamine groups is 2. The third-order valence-electron chi connectivity index (χ3n) is 2.70. The van der Waals surface area contributed by atoms with Gasteiger partial charge in [0.2, 0.25) is 0 Å². The molecule has 0 atom stereocenters. The summed E-state index contributed by atoms with van der Waals surface area (Å²) in [5.41, 5.74) is -1.02. The van der Waals surface area contributed by atoms with Gasteiger partial charge in [0.05, 0.1) is 0 Å². The van der Waals surface area contributed by atoms with Crippen LogP contribution in [0.4, 0.5) is 0 Å². The van der Waals surface area contributed by atoms with E-state index in [1.54, 1.807) is 0 Å². The molecule has 0 heterocycles. The zero-order valence-corrected chi connectivity index (χ0v) is 7.29. The Balaban J connectivity index is 2.77. The Morgan fingerprint density at radius 2 is 1.83 bits per heavy atom. The molecule has 0 unspecified atom stereocenters. The molecule has 0 aromatic rings. The molecule has 2 N–H and O–H groups in total. The van der Waals surface area contributed by atoms with E-state index in [-0.39, 0.29) is 0 Å². The molecule has 0 aromatic carbocycles. The lowest BCUT2D eigenvalue weighted by Gasteiger charge is -2.36. The number of hydrogen-bond acceptors (Lipinski definition) is 3. The number of nitrogens with zero attached hydrogens (tertiary/aromatic N) is 1. The molecular formula is C8H15NO3. The van der Waals surface area contributed by atoms with E-state index in [1.807, 2.05) is 0 Å². The fourth-order valence-corrected chi connectivity index (χ4v) is 1.81. The molecule has 0 bridgehead atoms. The van der Waals surface area contributed by atoms with Crippen molar-refractivity contribution in [1.29, 1.82) is 0 Å². The van der Waals surface area contributed by atoms with Crippen LogP contribution in [0.15, 0.2) is 0 Å². The third-order valence-corrected chi connectivity index (χ3v) is 2.70. The maximum atomic E-state index is 10.9. The van der Waals surface area contributed by atoms with Crippen LogP contribution < -0.4 is 0 Å². The van der Waals surface area contributed by atoms with Crippen LogP contribution in [0.1, 0.15) is 32.1 Å². The molecule has 4 nitrogen and oxygen atoms in total. The normalized spacial score (nSPS) is 22.6. The van der Waals surface area contributed by atoms with Crippen molar-refractivity contribution in [1.82, 2.24) is 5.06 Å². The average molecular weight is 173 g/mol. The van der Waals surface area contributed by atoms with Crippen molar-refractivity contribution in [3.63, 3.8) is 0 Å². The summed E-state index contributed by atoms with van der Waals surface area (Å²) < 4.78 is 0. The van der Waals surface area contributed by atoms with Crippen molar-refractivity contribution in [3.05, 3.63) is 0 Å². The van der Waals surface area contributed by atoms with Crippen molar-refractivity contribution < 1.29 is 15.1 Å². The predicted octanol–water partition coefficient (Wildman–Crippen LogP) is 1.09. The Morgan fingerprint density at radius 3 is 2.08 bits per heavy atom. The number of rotatable bonds is 2. The first-order valence-corrected chi connectivity index (χ1v) is 4.26. The highest BCUT2D eigenvalue weighted by Gasteiger charge is 2.43. The van der Waals surface area contributed by atoms with Crippen molar-refractivity contribution in [2.45, 2.75) is 37.6 Å². The van der Waals surface area contributed by atoms with Crippen molar-refractivity contribution in [2.75, 3.05) is 7.05 Å². The van der Waals surface area contributed by atoms with Gasteiger partial charge in [-0.25, -0.2) is 0 Å². The Kier molecular flexibility index (Phi) is 2.69. The molecule has 70 valence electrons. The van der Waals surface area contributed by atoms with Crippen LogP contribution in [0.2, 0.25) is 0 Å². The minimum atomic E-state index is -1.02. The second kappa shape index (κ2) is 3.41. The molecule has 4 heteroatoms. The van der Waals surface area contributed by atoms with Gasteiger partial charge >= 0.3 is 5.97 Å². The van der Waals surface area contributed by atoms with Gasteiger partial charge in [0.1, 0.15) is 5.54 Å². The van der Waals surface area contributed by atoms with Gasteiger partial charge in [0.25, 0.3) is 0 Å². The molecule has 1 fully saturated rings. The van der Waals surface area contributed by atoms with Gasteiger partial charge in [-0.15, -0.1) is 0 Å². The maximum absolute atomic E-state index is 10.9. The van der Waals surface area contributed by atoms with Crippen LogP contribution in [0.25, 0.3) is 0 Å². The highest BCUT2D eigenvalue weighted by atomic mass is 16.5. The van der Waals surface area contributed by atoms with Crippen LogP contribution in [0.5, 0.6) is 0 Å². The summed E-state index contributed by atoms with van der Waals surface area (Å²) in [7, 11) is 1.42. The van der Waals surface area contributed by atoms with Crippen LogP contribution >= 0.6 is 0 Å². The van der Waals surface area contributed by atoms with Crippen molar-refractivity contribution in [3.8, 4) is 0 Å². The molecule has 1 aliphatic rings. The Bertz CT molecular complexity index is 173. The zero-order valence-electron chi connectivity index (χ0n) is 7.29. The molecule has 0 aliphatic heterocycles. The second-order valence-electron chi connectivity index (χ2n) is 3.42. The molecule has 12 heavy (non-hydrogen) atoms. The topological polar surface area (TPSA) is 60.8 Å². The van der Waals surface area contributed by atoms with E-state index in [0.29, 0.717) is 12.8 Å². The van der Waals surface area contributed by atoms with Crippen LogP contribution in [0, 0.1) is 0 Å². The molecule has 0 spiro atoms. The van der Waals surface area contributed by atoms with E-state index in [0.717, 1.165) is 24.3 Å². The van der Waals surface area contributed by atoms with Gasteiger partial charge in [-0.05, 0) is 12.8 Å². The highest BCUT2D eigenvalue weighted by molar-refractivity contribution is 5.78. The molecule has 0 saturated heterocycles. The van der Waals surface area contributed by atoms with Gasteiger partial charge in [0, 0.05) is 7.05 Å². The quantitative estimate of drug-likeness (QED) is 0.614. The van der Waals surface area contributed by atoms with E-state index in [1.165, 1.54) is 7.05 Å². The molecular weight excluding hydrogens is 158 g/mol. The molecule has 1 rings (SSSR count). The lowest BCUT2D eigenvalue weighted by atomic mass is 9.81. The Labute approximate surface area is 71.8 Å². The largest absolute Gasteiger partial charge is 0.480 e. The van der Waals surface area contributed by atoms with Crippen LogP contribution in [0.3, 0.4) is 0 Å². The van der Waals surface area contributed by atoms with Gasteiger partial charge in [-0.2, -0.15) is 5.06 Å². The lowest BCUT2D eigenvalue weighted by molar-refractivity contribution is -0.193. The van der Waals surface area contributed by atoms with Crippen molar-refractivity contribution >= 4 is 5.97 Å². The predicted molar refractivity (Wildman–Crippen MR) is 43.0 cm³/mol. The number of carbonyl (C=O) groups is 1. The summed E-state index contributed by atoms with van der Waals surface area (Å²) in [4.78, 5) is 10.9. The number of aliphatic carboxylic acids is 1. The van der Waals surface area contributed by atoms with Gasteiger partial charge in [-0.3, -0.25) is 4.79 Å². The van der Waals surface area contributed by atoms with E-state index >= 15 is 0 Å². The standard InChI is InChI=1S/C8H15NO3/c1-9(12)8(7(10)11)5-3-2-4-6-8/h12H,2-6H2,1H3,(H,10,11). The first kappa shape index (κ1) is 9.48. The molecule has 1 aliphatic carbocycles. The van der Waals surface area contributed by atoms with E-state index in [9.17, 15) is 10.0 Å².